The Bertz CT molecular complexity index is 3270. The van der Waals surface area contributed by atoms with Crippen LogP contribution >= 0.6 is 0 Å². The van der Waals surface area contributed by atoms with Crippen molar-refractivity contribution in [3.05, 3.63) is 70.8 Å². The molecule has 0 amide bonds. The standard InChI is InChI=1S/C16H28O2.2C14H28O2.2C14H22.2C12H22O2.C12H24O2.C9H18O2/c1-7-14(2,3)13(17)18-12-10-11-8-9-16(12,6)15(11,4)5;2*1-6-9-10-12(7-2)11-16-13(15)14(4,5)8-3;2*1-6-11(2)12-7-9-13(10-8-12)14(3,4)5;2*1-4-12(2,3)11(13)14-10-8-6-5-7-9-10;1-7-11(4,5)10(13)14-12(6,8-2)9-3;1-6-9(4,5)8(10)11-7(2)3/h11-12H,7-10H2,1-6H3;2*12H,6-11H2,1-5H3;2*7-11H,6H2,1-5H3;2*10H,4-9H2,1-3H3;7-9H2,1-6H3;7H,6H2,1-5H3. The summed E-state index contributed by atoms with van der Waals surface area (Å²) in [5, 5.41) is 0. The first-order chi connectivity index (χ1) is 60.3. The zero-order valence-corrected chi connectivity index (χ0v) is 94.1. The van der Waals surface area contributed by atoms with Crippen LogP contribution in [0.1, 0.15) is 537 Å². The zero-order valence-electron chi connectivity index (χ0n) is 94.1. The Morgan fingerprint density at radius 1 is 0.351 bits per heavy atom. The van der Waals surface area contributed by atoms with Crippen LogP contribution in [0, 0.1) is 66.5 Å². The summed E-state index contributed by atoms with van der Waals surface area (Å²) < 4.78 is 38.4. The lowest BCUT2D eigenvalue weighted by molar-refractivity contribution is -0.170. The normalized spacial score (nSPS) is 18.0. The summed E-state index contributed by atoms with van der Waals surface area (Å²) in [6, 6.07) is 18.2. The summed E-state index contributed by atoms with van der Waals surface area (Å²) in [4.78, 5) is 82.4. The molecule has 0 saturated heterocycles. The number of rotatable bonds is 37. The first kappa shape index (κ1) is 130. The first-order valence-electron chi connectivity index (χ1n) is 53.0. The maximum Gasteiger partial charge on any atom is 0.312 e. The summed E-state index contributed by atoms with van der Waals surface area (Å²) in [5.74, 6) is 2.83. The fourth-order valence-corrected chi connectivity index (χ4v) is 14.4. The molecule has 131 heavy (non-hydrogen) atoms. The lowest BCUT2D eigenvalue weighted by atomic mass is 9.70. The second-order valence-corrected chi connectivity index (χ2v) is 46.9. The van der Waals surface area contributed by atoms with E-state index < -0.39 is 0 Å². The Morgan fingerprint density at radius 2 is 0.641 bits per heavy atom. The summed E-state index contributed by atoms with van der Waals surface area (Å²) >= 11 is 0. The summed E-state index contributed by atoms with van der Waals surface area (Å²) in [7, 11) is 0. The van der Waals surface area contributed by atoms with Gasteiger partial charge in [-0.3, -0.25) is 33.6 Å². The first-order valence-corrected chi connectivity index (χ1v) is 53.0. The molecule has 0 radical (unpaired) electrons. The van der Waals surface area contributed by atoms with E-state index in [1.165, 1.54) is 125 Å². The van der Waals surface area contributed by atoms with Crippen LogP contribution in [0.25, 0.3) is 0 Å². The Morgan fingerprint density at radius 3 is 0.885 bits per heavy atom. The van der Waals surface area contributed by atoms with E-state index in [1.54, 1.807) is 0 Å². The Balaban J connectivity index is -0.00000141. The number of hydrogen-bond donors (Lipinski definition) is 0. The van der Waals surface area contributed by atoms with Crippen molar-refractivity contribution in [1.82, 2.24) is 0 Å². The zero-order chi connectivity index (χ0) is 102. The lowest BCUT2D eigenvalue weighted by Gasteiger charge is -2.39. The van der Waals surface area contributed by atoms with E-state index >= 15 is 0 Å². The quantitative estimate of drug-likeness (QED) is 0.0460. The van der Waals surface area contributed by atoms with Gasteiger partial charge >= 0.3 is 41.8 Å². The average molecular weight is 1840 g/mol. The molecular formula is C117H214O14. The number of hydrogen-bond acceptors (Lipinski definition) is 14. The highest BCUT2D eigenvalue weighted by atomic mass is 16.6. The van der Waals surface area contributed by atoms with Crippen molar-refractivity contribution in [2.45, 2.75) is 556 Å². The molecule has 7 unspecified atom stereocenters. The van der Waals surface area contributed by atoms with E-state index in [2.05, 4.69) is 180 Å². The van der Waals surface area contributed by atoms with Crippen LogP contribution in [0.4, 0.5) is 0 Å². The Hall–Kier alpha value is -5.27. The van der Waals surface area contributed by atoms with E-state index in [9.17, 15) is 33.6 Å². The molecule has 7 atom stereocenters. The SMILES string of the molecule is CCC(C)(C)C(=O)OC(C)C.CCC(C)(C)C(=O)OC1CC2CCC1(C)C2(C)C.CCC(C)(C)C(=O)OC1CCCCC1.CCC(C)(C)C(=O)OC1CCCCC1.CCC(C)(CC)OC(=O)C(C)(C)CC.CCC(C)c1ccc(C(C)(C)C)cc1.CCC(C)c1ccc(C(C)(C)C)cc1.CCCCC(CC)COC(=O)C(C)(C)CC.CCCCC(CC)COC(=O)C(C)(C)CC. The molecule has 0 spiro atoms. The number of carbonyl (C=O) groups excluding carboxylic acids is 7. The van der Waals surface area contributed by atoms with Gasteiger partial charge in [0.1, 0.15) is 23.9 Å². The third-order valence-corrected chi connectivity index (χ3v) is 30.8. The maximum atomic E-state index is 12.3. The molecule has 14 nitrogen and oxygen atoms in total. The van der Waals surface area contributed by atoms with Crippen molar-refractivity contribution in [3.8, 4) is 0 Å². The van der Waals surface area contributed by atoms with E-state index in [1.807, 2.05) is 166 Å². The fourth-order valence-electron chi connectivity index (χ4n) is 14.4. The van der Waals surface area contributed by atoms with Gasteiger partial charge in [-0.1, -0.05) is 280 Å². The maximum absolute atomic E-state index is 12.3. The molecule has 766 valence electrons. The number of unbranched alkanes of at least 4 members (excludes halogenated alkanes) is 2. The van der Waals surface area contributed by atoms with Crippen LogP contribution in [-0.4, -0.2) is 85.0 Å². The smallest absolute Gasteiger partial charge is 0.312 e. The van der Waals surface area contributed by atoms with E-state index in [-0.39, 0.29) is 126 Å². The molecule has 0 N–H and O–H groups in total. The van der Waals surface area contributed by atoms with Gasteiger partial charge in [0.2, 0.25) is 0 Å². The topological polar surface area (TPSA) is 184 Å². The van der Waals surface area contributed by atoms with Crippen molar-refractivity contribution in [1.29, 1.82) is 0 Å². The Kier molecular flexibility index (Phi) is 61.3. The molecule has 0 aromatic heterocycles. The second kappa shape index (κ2) is 61.8. The van der Waals surface area contributed by atoms with Crippen molar-refractivity contribution >= 4 is 41.8 Å². The average Bonchev–Trinajstić information content (AvgIpc) is 1.56. The minimum Gasteiger partial charge on any atom is -0.465 e. The highest BCUT2D eigenvalue weighted by Crippen LogP contribution is 2.66. The number of ether oxygens (including phenoxy) is 7. The number of fused-ring (bicyclic) bond motifs is 2. The number of carbonyl (C=O) groups is 7. The molecule has 0 heterocycles. The molecule has 14 heteroatoms. The minimum absolute atomic E-state index is 0.00618. The van der Waals surface area contributed by atoms with Gasteiger partial charge in [-0.15, -0.1) is 0 Å². The predicted octanol–water partition coefficient (Wildman–Crippen LogP) is 34.1. The largest absolute Gasteiger partial charge is 0.465 e. The monoisotopic (exact) mass is 1840 g/mol. The molecule has 2 bridgehead atoms. The van der Waals surface area contributed by atoms with Crippen LogP contribution in [0.5, 0.6) is 0 Å². The summed E-state index contributed by atoms with van der Waals surface area (Å²) in [6.07, 6.45) is 35.2. The fraction of sp³-hybridized carbons (Fsp3) is 0.838. The van der Waals surface area contributed by atoms with Gasteiger partial charge in [-0.25, -0.2) is 0 Å². The molecule has 4 aliphatic carbocycles. The van der Waals surface area contributed by atoms with E-state index in [0.717, 1.165) is 109 Å². The highest BCUT2D eigenvalue weighted by molar-refractivity contribution is 5.79. The number of benzene rings is 2. The molecule has 2 aromatic carbocycles. The van der Waals surface area contributed by atoms with Gasteiger partial charge in [0.15, 0.2) is 0 Å². The van der Waals surface area contributed by atoms with Crippen LogP contribution in [0.2, 0.25) is 0 Å². The summed E-state index contributed by atoms with van der Waals surface area (Å²) in [6.45, 7) is 90.7. The molecule has 4 saturated carbocycles. The molecule has 0 aliphatic heterocycles. The molecular weight excluding hydrogens is 1630 g/mol. The van der Waals surface area contributed by atoms with Gasteiger partial charge in [0, 0.05) is 5.41 Å². The van der Waals surface area contributed by atoms with Crippen molar-refractivity contribution in [3.63, 3.8) is 0 Å². The summed E-state index contributed by atoms with van der Waals surface area (Å²) in [5.41, 5.74) is 4.20. The van der Waals surface area contributed by atoms with Gasteiger partial charge in [0.05, 0.1) is 57.2 Å². The third kappa shape index (κ3) is 48.1. The van der Waals surface area contributed by atoms with Crippen LogP contribution < -0.4 is 0 Å². The Labute approximate surface area is 810 Å². The van der Waals surface area contributed by atoms with Crippen LogP contribution in [-0.2, 0) is 77.5 Å². The predicted molar refractivity (Wildman–Crippen MR) is 556 cm³/mol. The van der Waals surface area contributed by atoms with E-state index in [0.29, 0.717) is 42.3 Å². The van der Waals surface area contributed by atoms with Crippen LogP contribution in [0.15, 0.2) is 48.5 Å². The van der Waals surface area contributed by atoms with Gasteiger partial charge in [-0.2, -0.15) is 0 Å². The van der Waals surface area contributed by atoms with Gasteiger partial charge < -0.3 is 33.2 Å². The number of esters is 7. The van der Waals surface area contributed by atoms with Crippen molar-refractivity contribution in [2.24, 2.45) is 66.5 Å². The lowest BCUT2D eigenvalue weighted by Crippen LogP contribution is -2.40. The minimum atomic E-state index is -0.356. The van der Waals surface area contributed by atoms with Gasteiger partial charge in [-0.05, 0) is 340 Å². The molecule has 4 fully saturated rings. The van der Waals surface area contributed by atoms with Crippen molar-refractivity contribution in [2.75, 3.05) is 13.2 Å². The highest BCUT2D eigenvalue weighted by Gasteiger charge is 2.63. The van der Waals surface area contributed by atoms with Gasteiger partial charge in [0.25, 0.3) is 0 Å². The van der Waals surface area contributed by atoms with Crippen LogP contribution in [0.3, 0.4) is 0 Å². The third-order valence-electron chi connectivity index (χ3n) is 30.8. The molecule has 2 aromatic rings. The molecule has 4 aliphatic rings. The van der Waals surface area contributed by atoms with Crippen molar-refractivity contribution < 1.29 is 66.7 Å². The molecule has 6 rings (SSSR count). The van der Waals surface area contributed by atoms with E-state index in [4.69, 9.17) is 33.2 Å². The second-order valence-electron chi connectivity index (χ2n) is 46.9.